The van der Waals surface area contributed by atoms with E-state index in [0.29, 0.717) is 10.7 Å². The van der Waals surface area contributed by atoms with Crippen LogP contribution in [0.25, 0.3) is 0 Å². The summed E-state index contributed by atoms with van der Waals surface area (Å²) < 4.78 is 2.04. The van der Waals surface area contributed by atoms with E-state index in [1.165, 1.54) is 22.9 Å². The van der Waals surface area contributed by atoms with Gasteiger partial charge in [0.1, 0.15) is 0 Å². The van der Waals surface area contributed by atoms with E-state index in [0.717, 1.165) is 11.7 Å². The van der Waals surface area contributed by atoms with Crippen molar-refractivity contribution in [1.29, 1.82) is 0 Å². The smallest absolute Gasteiger partial charge is 0.234 e. The second-order valence-corrected chi connectivity index (χ2v) is 7.05. The zero-order chi connectivity index (χ0) is 17.6. The Balaban J connectivity index is 1.57. The maximum Gasteiger partial charge on any atom is 0.234 e. The molecule has 0 aliphatic heterocycles. The number of hydrogen-bond acceptors (Lipinski definition) is 3. The van der Waals surface area contributed by atoms with Crippen molar-refractivity contribution >= 4 is 35.0 Å². The van der Waals surface area contributed by atoms with Gasteiger partial charge in [-0.1, -0.05) is 59.3 Å². The Morgan fingerprint density at radius 3 is 2.80 bits per heavy atom. The minimum atomic E-state index is -0.0860. The summed E-state index contributed by atoms with van der Waals surface area (Å²) in [7, 11) is 0. The normalized spacial score (nSPS) is 10.6. The van der Waals surface area contributed by atoms with Crippen LogP contribution < -0.4 is 5.32 Å². The van der Waals surface area contributed by atoms with Crippen molar-refractivity contribution in [2.24, 2.45) is 0 Å². The number of hydrogen-bond donors (Lipinski definition) is 1. The lowest BCUT2D eigenvalue weighted by Crippen LogP contribution is -2.14. The Bertz CT molecular complexity index is 861. The van der Waals surface area contributed by atoms with Crippen LogP contribution in [-0.4, -0.2) is 21.2 Å². The largest absolute Gasteiger partial charge is 0.325 e. The molecule has 1 heterocycles. The minimum Gasteiger partial charge on any atom is -0.325 e. The maximum atomic E-state index is 12.1. The van der Waals surface area contributed by atoms with E-state index in [1.807, 2.05) is 16.8 Å². The lowest BCUT2D eigenvalue weighted by Gasteiger charge is -2.08. The van der Waals surface area contributed by atoms with E-state index in [2.05, 4.69) is 41.5 Å². The molecular formula is C19H18ClN3OS. The van der Waals surface area contributed by atoms with Crippen LogP contribution in [0.1, 0.15) is 11.1 Å². The van der Waals surface area contributed by atoms with Gasteiger partial charge in [0.05, 0.1) is 5.75 Å². The first-order chi connectivity index (χ1) is 12.1. The van der Waals surface area contributed by atoms with Crippen LogP contribution in [0.5, 0.6) is 0 Å². The molecule has 2 aromatic carbocycles. The van der Waals surface area contributed by atoms with Gasteiger partial charge in [-0.3, -0.25) is 4.79 Å². The highest BCUT2D eigenvalue weighted by atomic mass is 35.5. The summed E-state index contributed by atoms with van der Waals surface area (Å²) in [4.78, 5) is 16.5. The average Bonchev–Trinajstić information content (AvgIpc) is 3.02. The van der Waals surface area contributed by atoms with Crippen molar-refractivity contribution in [2.75, 3.05) is 11.1 Å². The number of rotatable bonds is 6. The number of anilines is 1. The Labute approximate surface area is 156 Å². The average molecular weight is 372 g/mol. The molecule has 0 radical (unpaired) electrons. The van der Waals surface area contributed by atoms with Gasteiger partial charge in [-0.2, -0.15) is 0 Å². The van der Waals surface area contributed by atoms with Crippen molar-refractivity contribution in [3.8, 4) is 0 Å². The first-order valence-electron chi connectivity index (χ1n) is 7.85. The zero-order valence-electron chi connectivity index (χ0n) is 13.8. The molecule has 4 nitrogen and oxygen atoms in total. The van der Waals surface area contributed by atoms with E-state index >= 15 is 0 Å². The Kier molecular flexibility index (Phi) is 5.79. The zero-order valence-corrected chi connectivity index (χ0v) is 15.3. The SMILES string of the molecule is Cc1ccc(Cn2ccnc2SCC(=O)Nc2cccc(Cl)c2)cc1. The molecule has 25 heavy (non-hydrogen) atoms. The number of nitrogens with zero attached hydrogens (tertiary/aromatic N) is 2. The Morgan fingerprint density at radius 2 is 2.04 bits per heavy atom. The van der Waals surface area contributed by atoms with Crippen LogP contribution >= 0.6 is 23.4 Å². The highest BCUT2D eigenvalue weighted by Crippen LogP contribution is 2.19. The van der Waals surface area contributed by atoms with Crippen LogP contribution in [0.2, 0.25) is 5.02 Å². The predicted molar refractivity (Wildman–Crippen MR) is 103 cm³/mol. The number of carbonyl (C=O) groups is 1. The summed E-state index contributed by atoms with van der Waals surface area (Å²) in [6.45, 7) is 2.80. The molecule has 1 aromatic heterocycles. The molecule has 0 aliphatic rings. The molecule has 0 fully saturated rings. The first kappa shape index (κ1) is 17.6. The van der Waals surface area contributed by atoms with Gasteiger partial charge in [0.15, 0.2) is 5.16 Å². The molecule has 0 atom stereocenters. The molecule has 0 aliphatic carbocycles. The van der Waals surface area contributed by atoms with E-state index in [-0.39, 0.29) is 11.7 Å². The van der Waals surface area contributed by atoms with Gasteiger partial charge in [-0.05, 0) is 30.7 Å². The first-order valence-corrected chi connectivity index (χ1v) is 9.21. The monoisotopic (exact) mass is 371 g/mol. The Morgan fingerprint density at radius 1 is 1.24 bits per heavy atom. The Hall–Kier alpha value is -2.24. The molecule has 0 saturated carbocycles. The third-order valence-corrected chi connectivity index (χ3v) is 4.83. The number of imidazole rings is 1. The lowest BCUT2D eigenvalue weighted by molar-refractivity contribution is -0.113. The third-order valence-electron chi connectivity index (χ3n) is 3.59. The van der Waals surface area contributed by atoms with Crippen LogP contribution in [0.4, 0.5) is 5.69 Å². The summed E-state index contributed by atoms with van der Waals surface area (Å²) in [5, 5.41) is 4.26. The van der Waals surface area contributed by atoms with E-state index < -0.39 is 0 Å². The van der Waals surface area contributed by atoms with Gasteiger partial charge in [-0.25, -0.2) is 4.98 Å². The van der Waals surface area contributed by atoms with Crippen molar-refractivity contribution in [3.05, 3.63) is 77.1 Å². The fourth-order valence-electron chi connectivity index (χ4n) is 2.34. The second-order valence-electron chi connectivity index (χ2n) is 5.67. The molecular weight excluding hydrogens is 354 g/mol. The number of carbonyl (C=O) groups excluding carboxylic acids is 1. The van der Waals surface area contributed by atoms with Crippen molar-refractivity contribution in [2.45, 2.75) is 18.6 Å². The molecule has 0 spiro atoms. The molecule has 1 amide bonds. The predicted octanol–water partition coefficient (Wildman–Crippen LogP) is 4.62. The summed E-state index contributed by atoms with van der Waals surface area (Å²) in [6, 6.07) is 15.5. The minimum absolute atomic E-state index is 0.0860. The summed E-state index contributed by atoms with van der Waals surface area (Å²) in [5.41, 5.74) is 3.14. The highest BCUT2D eigenvalue weighted by Gasteiger charge is 2.09. The number of benzene rings is 2. The molecule has 3 rings (SSSR count). The van der Waals surface area contributed by atoms with Gasteiger partial charge in [0, 0.05) is 29.6 Å². The number of aromatic nitrogens is 2. The molecule has 0 saturated heterocycles. The van der Waals surface area contributed by atoms with Crippen molar-refractivity contribution in [1.82, 2.24) is 9.55 Å². The number of thioether (sulfide) groups is 1. The van der Waals surface area contributed by atoms with E-state index in [4.69, 9.17) is 11.6 Å². The van der Waals surface area contributed by atoms with Crippen molar-refractivity contribution < 1.29 is 4.79 Å². The van der Waals surface area contributed by atoms with E-state index in [9.17, 15) is 4.79 Å². The fourth-order valence-corrected chi connectivity index (χ4v) is 3.29. The number of nitrogens with one attached hydrogen (secondary N) is 1. The van der Waals surface area contributed by atoms with Crippen LogP contribution in [0, 0.1) is 6.92 Å². The summed E-state index contributed by atoms with van der Waals surface area (Å²) in [5.74, 6) is 0.203. The van der Waals surface area contributed by atoms with Gasteiger partial charge < -0.3 is 9.88 Å². The van der Waals surface area contributed by atoms with Crippen LogP contribution in [-0.2, 0) is 11.3 Å². The quantitative estimate of drug-likeness (QED) is 0.643. The molecule has 128 valence electrons. The maximum absolute atomic E-state index is 12.1. The van der Waals surface area contributed by atoms with Gasteiger partial charge in [0.25, 0.3) is 0 Å². The molecule has 6 heteroatoms. The second kappa shape index (κ2) is 8.23. The van der Waals surface area contributed by atoms with Gasteiger partial charge >= 0.3 is 0 Å². The summed E-state index contributed by atoms with van der Waals surface area (Å²) in [6.07, 6.45) is 3.68. The van der Waals surface area contributed by atoms with E-state index in [1.54, 1.807) is 24.4 Å². The summed E-state index contributed by atoms with van der Waals surface area (Å²) >= 11 is 7.34. The van der Waals surface area contributed by atoms with Gasteiger partial charge in [-0.15, -0.1) is 0 Å². The van der Waals surface area contributed by atoms with Crippen LogP contribution in [0.15, 0.2) is 66.1 Å². The molecule has 0 bridgehead atoms. The number of aryl methyl sites for hydroxylation is 1. The van der Waals surface area contributed by atoms with Crippen LogP contribution in [0.3, 0.4) is 0 Å². The lowest BCUT2D eigenvalue weighted by atomic mass is 10.1. The number of amides is 1. The molecule has 1 N–H and O–H groups in total. The fraction of sp³-hybridized carbons (Fsp3) is 0.158. The van der Waals surface area contributed by atoms with Gasteiger partial charge in [0.2, 0.25) is 5.91 Å². The molecule has 3 aromatic rings. The number of halogens is 1. The molecule has 0 unspecified atom stereocenters. The third kappa shape index (κ3) is 5.11. The van der Waals surface area contributed by atoms with Crippen molar-refractivity contribution in [3.63, 3.8) is 0 Å². The topological polar surface area (TPSA) is 46.9 Å². The standard InChI is InChI=1S/C19H18ClN3OS/c1-14-5-7-15(8-6-14)12-23-10-9-21-19(23)25-13-18(24)22-17-4-2-3-16(20)11-17/h2-11H,12-13H2,1H3,(H,22,24). The highest BCUT2D eigenvalue weighted by molar-refractivity contribution is 7.99.